The van der Waals surface area contributed by atoms with Crippen LogP contribution in [-0.2, 0) is 0 Å². The smallest absolute Gasteiger partial charge is 0.259 e. The lowest BCUT2D eigenvalue weighted by Gasteiger charge is -2.10. The Morgan fingerprint density at radius 3 is 2.40 bits per heavy atom. The van der Waals surface area contributed by atoms with Crippen LogP contribution in [0, 0.1) is 3.57 Å². The first-order chi connectivity index (χ1) is 9.38. The summed E-state index contributed by atoms with van der Waals surface area (Å²) in [5, 5.41) is 13.1. The normalized spacial score (nSPS) is 10.4. The van der Waals surface area contributed by atoms with Crippen LogP contribution in [0.5, 0.6) is 5.75 Å². The molecule has 0 aromatic heterocycles. The van der Waals surface area contributed by atoms with Gasteiger partial charge in [0.1, 0.15) is 5.75 Å². The highest BCUT2D eigenvalue weighted by atomic mass is 127. The number of hydrogen-bond acceptors (Lipinski definition) is 2. The molecule has 2 aromatic rings. The Hall–Kier alpha value is -0.690. The van der Waals surface area contributed by atoms with Crippen molar-refractivity contribution >= 4 is 69.0 Å². The number of nitrogens with one attached hydrogen (secondary N) is 1. The first-order valence-electron chi connectivity index (χ1n) is 5.33. The van der Waals surface area contributed by atoms with Gasteiger partial charge in [0.05, 0.1) is 26.3 Å². The quantitative estimate of drug-likeness (QED) is 0.496. The third-order valence-electron chi connectivity index (χ3n) is 2.46. The molecule has 3 nitrogen and oxygen atoms in total. The maximum Gasteiger partial charge on any atom is 0.259 e. The van der Waals surface area contributed by atoms with Crippen molar-refractivity contribution in [3.05, 3.63) is 54.5 Å². The highest BCUT2D eigenvalue weighted by Crippen LogP contribution is 2.33. The number of anilines is 1. The van der Waals surface area contributed by atoms with Gasteiger partial charge >= 0.3 is 0 Å². The monoisotopic (exact) mass is 441 g/mol. The summed E-state index contributed by atoms with van der Waals surface area (Å²) in [5.41, 5.74) is 0.475. The molecule has 0 atom stereocenters. The van der Waals surface area contributed by atoms with E-state index in [9.17, 15) is 9.90 Å². The van der Waals surface area contributed by atoms with Crippen LogP contribution in [-0.4, -0.2) is 11.0 Å². The number of carbonyl (C=O) groups excluding carboxylic acids is 1. The van der Waals surface area contributed by atoms with Gasteiger partial charge in [0.25, 0.3) is 5.91 Å². The lowest BCUT2D eigenvalue weighted by molar-refractivity contribution is 0.102. The van der Waals surface area contributed by atoms with Gasteiger partial charge in [-0.05, 0) is 52.9 Å². The van der Waals surface area contributed by atoms with Gasteiger partial charge in [-0.15, -0.1) is 0 Å². The Morgan fingerprint density at radius 2 is 1.70 bits per heavy atom. The molecule has 104 valence electrons. The Morgan fingerprint density at radius 1 is 1.05 bits per heavy atom. The maximum atomic E-state index is 12.1. The van der Waals surface area contributed by atoms with Gasteiger partial charge in [0.15, 0.2) is 0 Å². The first kappa shape index (κ1) is 15.7. The van der Waals surface area contributed by atoms with E-state index < -0.39 is 5.91 Å². The Bertz CT molecular complexity index is 692. The topological polar surface area (TPSA) is 49.3 Å². The fraction of sp³-hybridized carbons (Fsp3) is 0. The molecule has 0 saturated heterocycles. The summed E-state index contributed by atoms with van der Waals surface area (Å²) < 4.78 is 0.825. The zero-order valence-corrected chi connectivity index (χ0v) is 14.2. The minimum atomic E-state index is -0.485. The summed E-state index contributed by atoms with van der Waals surface area (Å²) in [6.45, 7) is 0. The third-order valence-corrected chi connectivity index (χ3v) is 4.17. The SMILES string of the molecule is O=C(Nc1cc(Cl)c(Cl)cc1Cl)c1cc(I)ccc1O. The molecule has 0 unspecified atom stereocenters. The fourth-order valence-electron chi connectivity index (χ4n) is 1.50. The van der Waals surface area contributed by atoms with E-state index in [-0.39, 0.29) is 21.4 Å². The molecule has 0 aliphatic heterocycles. The van der Waals surface area contributed by atoms with Crippen molar-refractivity contribution in [2.24, 2.45) is 0 Å². The lowest BCUT2D eigenvalue weighted by Crippen LogP contribution is -2.12. The van der Waals surface area contributed by atoms with Crippen molar-refractivity contribution in [1.29, 1.82) is 0 Å². The minimum absolute atomic E-state index is 0.112. The maximum absolute atomic E-state index is 12.1. The third kappa shape index (κ3) is 3.49. The van der Waals surface area contributed by atoms with Gasteiger partial charge in [-0.3, -0.25) is 4.79 Å². The summed E-state index contributed by atoms with van der Waals surface area (Å²) in [4.78, 5) is 12.1. The number of phenols is 1. The van der Waals surface area contributed by atoms with E-state index in [4.69, 9.17) is 34.8 Å². The largest absolute Gasteiger partial charge is 0.507 e. The number of amides is 1. The van der Waals surface area contributed by atoms with E-state index in [0.29, 0.717) is 10.7 Å². The first-order valence-corrected chi connectivity index (χ1v) is 7.54. The van der Waals surface area contributed by atoms with E-state index in [1.165, 1.54) is 18.2 Å². The molecule has 2 rings (SSSR count). The van der Waals surface area contributed by atoms with Gasteiger partial charge < -0.3 is 10.4 Å². The zero-order chi connectivity index (χ0) is 14.9. The molecule has 0 heterocycles. The molecule has 2 N–H and O–H groups in total. The molecule has 0 saturated carbocycles. The van der Waals surface area contributed by atoms with Crippen LogP contribution < -0.4 is 5.32 Å². The molecule has 1 amide bonds. The number of halogens is 4. The molecule has 0 radical (unpaired) electrons. The zero-order valence-electron chi connectivity index (χ0n) is 9.75. The van der Waals surface area contributed by atoms with E-state index in [1.54, 1.807) is 12.1 Å². The average Bonchev–Trinajstić information content (AvgIpc) is 2.38. The molecular formula is C13H7Cl3INO2. The van der Waals surface area contributed by atoms with Crippen LogP contribution >= 0.6 is 57.4 Å². The predicted molar refractivity (Wildman–Crippen MR) is 90.2 cm³/mol. The number of carbonyl (C=O) groups is 1. The van der Waals surface area contributed by atoms with Crippen molar-refractivity contribution in [3.63, 3.8) is 0 Å². The molecule has 0 fully saturated rings. The van der Waals surface area contributed by atoms with Crippen LogP contribution in [0.15, 0.2) is 30.3 Å². The fourth-order valence-corrected chi connectivity index (χ4v) is 2.58. The van der Waals surface area contributed by atoms with E-state index >= 15 is 0 Å². The van der Waals surface area contributed by atoms with Gasteiger partial charge in [0.2, 0.25) is 0 Å². The second kappa shape index (κ2) is 6.39. The van der Waals surface area contributed by atoms with Crippen LogP contribution in [0.4, 0.5) is 5.69 Å². The summed E-state index contributed by atoms with van der Waals surface area (Å²) in [5.74, 6) is -0.597. The lowest BCUT2D eigenvalue weighted by atomic mass is 10.2. The number of phenolic OH excluding ortho intramolecular Hbond substituents is 1. The van der Waals surface area contributed by atoms with Crippen molar-refractivity contribution in [1.82, 2.24) is 0 Å². The molecule has 0 aliphatic rings. The minimum Gasteiger partial charge on any atom is -0.507 e. The van der Waals surface area contributed by atoms with Gasteiger partial charge in [0, 0.05) is 3.57 Å². The summed E-state index contributed by atoms with van der Waals surface area (Å²) in [7, 11) is 0. The summed E-state index contributed by atoms with van der Waals surface area (Å²) in [6.07, 6.45) is 0. The van der Waals surface area contributed by atoms with Crippen molar-refractivity contribution in [2.75, 3.05) is 5.32 Å². The van der Waals surface area contributed by atoms with Gasteiger partial charge in [-0.1, -0.05) is 34.8 Å². The number of benzene rings is 2. The molecule has 20 heavy (non-hydrogen) atoms. The molecular weight excluding hydrogens is 435 g/mol. The highest BCUT2D eigenvalue weighted by molar-refractivity contribution is 14.1. The second-order valence-electron chi connectivity index (χ2n) is 3.86. The van der Waals surface area contributed by atoms with Gasteiger partial charge in [-0.2, -0.15) is 0 Å². The molecule has 2 aromatic carbocycles. The van der Waals surface area contributed by atoms with E-state index in [1.807, 2.05) is 22.6 Å². The molecule has 0 aliphatic carbocycles. The molecule has 0 spiro atoms. The van der Waals surface area contributed by atoms with Crippen LogP contribution in [0.1, 0.15) is 10.4 Å². The van der Waals surface area contributed by atoms with Crippen molar-refractivity contribution in [3.8, 4) is 5.75 Å². The predicted octanol–water partition coefficient (Wildman–Crippen LogP) is 5.21. The van der Waals surface area contributed by atoms with Crippen LogP contribution in [0.25, 0.3) is 0 Å². The summed E-state index contributed by atoms with van der Waals surface area (Å²) in [6, 6.07) is 7.60. The number of rotatable bonds is 2. The Balaban J connectivity index is 2.32. The van der Waals surface area contributed by atoms with Crippen LogP contribution in [0.3, 0.4) is 0 Å². The van der Waals surface area contributed by atoms with Crippen molar-refractivity contribution in [2.45, 2.75) is 0 Å². The van der Waals surface area contributed by atoms with Crippen molar-refractivity contribution < 1.29 is 9.90 Å². The van der Waals surface area contributed by atoms with E-state index in [2.05, 4.69) is 5.32 Å². The Labute approximate surface area is 144 Å². The molecule has 7 heteroatoms. The van der Waals surface area contributed by atoms with Gasteiger partial charge in [-0.25, -0.2) is 0 Å². The second-order valence-corrected chi connectivity index (χ2v) is 6.33. The molecule has 0 bridgehead atoms. The Kier molecular flexibility index (Phi) is 5.01. The van der Waals surface area contributed by atoms with Crippen LogP contribution in [0.2, 0.25) is 15.1 Å². The number of aromatic hydroxyl groups is 1. The van der Waals surface area contributed by atoms with E-state index in [0.717, 1.165) is 3.57 Å². The average molecular weight is 442 g/mol. The standard InChI is InChI=1S/C13H7Cl3INO2/c14-8-4-10(16)11(5-9(8)15)18-13(20)7-3-6(17)1-2-12(7)19/h1-5,19H,(H,18,20). The highest BCUT2D eigenvalue weighted by Gasteiger charge is 2.14. The summed E-state index contributed by atoms with van der Waals surface area (Å²) >= 11 is 19.7. The number of hydrogen-bond donors (Lipinski definition) is 2.